The second-order valence-corrected chi connectivity index (χ2v) is 7.74. The highest BCUT2D eigenvalue weighted by Gasteiger charge is 2.67. The lowest BCUT2D eigenvalue weighted by molar-refractivity contribution is -0.137. The molecule has 2 aliphatic heterocycles. The Morgan fingerprint density at radius 2 is 1.96 bits per heavy atom. The maximum atomic E-state index is 13.2. The van der Waals surface area contributed by atoms with Gasteiger partial charge in [0.2, 0.25) is 11.8 Å². The number of carbonyl (C=O) groups is 3. The van der Waals surface area contributed by atoms with E-state index >= 15 is 0 Å². The van der Waals surface area contributed by atoms with Gasteiger partial charge in [0.25, 0.3) is 0 Å². The Morgan fingerprint density at radius 1 is 1.33 bits per heavy atom. The van der Waals surface area contributed by atoms with E-state index in [0.29, 0.717) is 19.3 Å². The van der Waals surface area contributed by atoms with Gasteiger partial charge in [-0.05, 0) is 40.0 Å². The lowest BCUT2D eigenvalue weighted by Crippen LogP contribution is -2.70. The largest absolute Gasteiger partial charge is 0.465 e. The van der Waals surface area contributed by atoms with Crippen LogP contribution in [-0.4, -0.2) is 51.1 Å². The van der Waals surface area contributed by atoms with Crippen molar-refractivity contribution < 1.29 is 19.5 Å². The van der Waals surface area contributed by atoms with Crippen molar-refractivity contribution >= 4 is 17.9 Å². The van der Waals surface area contributed by atoms with Gasteiger partial charge in [-0.2, -0.15) is 0 Å². The number of carboxylic acid groups (broad SMARTS) is 1. The summed E-state index contributed by atoms with van der Waals surface area (Å²) in [6.07, 6.45) is 2.35. The summed E-state index contributed by atoms with van der Waals surface area (Å²) in [7, 11) is 0. The van der Waals surface area contributed by atoms with Crippen LogP contribution in [0.4, 0.5) is 4.79 Å². The number of hydrogen-bond acceptors (Lipinski definition) is 3. The lowest BCUT2D eigenvalue weighted by atomic mass is 9.70. The molecule has 0 aromatic heterocycles. The van der Waals surface area contributed by atoms with Crippen LogP contribution in [-0.2, 0) is 9.59 Å². The summed E-state index contributed by atoms with van der Waals surface area (Å²) in [4.78, 5) is 38.2. The molecule has 0 aromatic carbocycles. The topological polar surface area (TPSA) is 98.7 Å². The highest BCUT2D eigenvalue weighted by molar-refractivity contribution is 5.94. The van der Waals surface area contributed by atoms with Crippen LogP contribution < -0.4 is 10.6 Å². The molecule has 3 N–H and O–H groups in total. The Morgan fingerprint density at radius 3 is 2.42 bits per heavy atom. The van der Waals surface area contributed by atoms with Crippen molar-refractivity contribution in [2.45, 2.75) is 70.1 Å². The molecule has 0 radical (unpaired) electrons. The zero-order valence-electron chi connectivity index (χ0n) is 14.8. The minimum Gasteiger partial charge on any atom is -0.465 e. The van der Waals surface area contributed by atoms with E-state index in [4.69, 9.17) is 0 Å². The third kappa shape index (κ3) is 2.87. The fraction of sp³-hybridized carbons (Fsp3) is 0.706. The summed E-state index contributed by atoms with van der Waals surface area (Å²) in [5.41, 5.74) is -1.74. The number of allylic oxidation sites excluding steroid dienone is 1. The van der Waals surface area contributed by atoms with Gasteiger partial charge in [-0.25, -0.2) is 4.79 Å². The van der Waals surface area contributed by atoms with Crippen LogP contribution in [0.2, 0.25) is 0 Å². The Bertz CT molecular complexity index is 569. The van der Waals surface area contributed by atoms with E-state index < -0.39 is 23.2 Å². The van der Waals surface area contributed by atoms with Crippen LogP contribution in [0.25, 0.3) is 0 Å². The second kappa shape index (κ2) is 6.11. The van der Waals surface area contributed by atoms with Gasteiger partial charge in [0.1, 0.15) is 5.54 Å². The van der Waals surface area contributed by atoms with Crippen LogP contribution in [0, 0.1) is 5.92 Å². The fourth-order valence-electron chi connectivity index (χ4n) is 4.32. The number of amides is 3. The van der Waals surface area contributed by atoms with E-state index in [0.717, 1.165) is 0 Å². The number of carbonyl (C=O) groups excluding carboxylic acids is 2. The average molecular weight is 337 g/mol. The molecule has 7 heteroatoms. The fourth-order valence-corrected chi connectivity index (χ4v) is 4.32. The molecule has 7 nitrogen and oxygen atoms in total. The highest BCUT2D eigenvalue weighted by atomic mass is 16.4. The Kier molecular flexibility index (Phi) is 4.65. The summed E-state index contributed by atoms with van der Waals surface area (Å²) in [5.74, 6) is -0.988. The monoisotopic (exact) mass is 337 g/mol. The summed E-state index contributed by atoms with van der Waals surface area (Å²) in [6.45, 7) is 10.7. The molecule has 24 heavy (non-hydrogen) atoms. The first-order chi connectivity index (χ1) is 11.0. The minimum absolute atomic E-state index is 0.289. The summed E-state index contributed by atoms with van der Waals surface area (Å²) >= 11 is 0. The minimum atomic E-state index is -1.26. The number of fused-ring (bicyclic) bond motifs is 2. The summed E-state index contributed by atoms with van der Waals surface area (Å²) in [5, 5.41) is 15.4. The Labute approximate surface area is 142 Å². The van der Waals surface area contributed by atoms with E-state index in [1.54, 1.807) is 6.08 Å². The highest BCUT2D eigenvalue weighted by Crippen LogP contribution is 2.50. The van der Waals surface area contributed by atoms with E-state index in [-0.39, 0.29) is 23.8 Å². The van der Waals surface area contributed by atoms with E-state index in [2.05, 4.69) is 17.2 Å². The van der Waals surface area contributed by atoms with Crippen molar-refractivity contribution in [1.29, 1.82) is 0 Å². The quantitative estimate of drug-likeness (QED) is 0.677. The molecule has 4 atom stereocenters. The van der Waals surface area contributed by atoms with Crippen LogP contribution in [0.5, 0.6) is 0 Å². The maximum Gasteiger partial charge on any atom is 0.407 e. The standard InChI is InChI=1S/C17H27N3O4/c1-6-7-11-12-8-9-13(20(12)15(23)24)17(11,18-10(2)21)14(22)19-16(3,4)5/h6,11-13H,1,7-9H2,2-5H3,(H,18,21)(H,19,22)(H,23,24)/t11-,12+,13?,17?/m0/s1. The molecule has 2 heterocycles. The molecule has 0 spiro atoms. The molecular weight excluding hydrogens is 310 g/mol. The molecule has 134 valence electrons. The molecule has 2 fully saturated rings. The van der Waals surface area contributed by atoms with Crippen molar-refractivity contribution in [3.8, 4) is 0 Å². The first-order valence-electron chi connectivity index (χ1n) is 8.28. The number of nitrogens with one attached hydrogen (secondary N) is 2. The molecule has 2 unspecified atom stereocenters. The molecule has 0 aliphatic carbocycles. The molecule has 2 bridgehead atoms. The zero-order chi connectivity index (χ0) is 18.3. The van der Waals surface area contributed by atoms with Gasteiger partial charge >= 0.3 is 6.09 Å². The number of rotatable bonds is 4. The lowest BCUT2D eigenvalue weighted by Gasteiger charge is -2.42. The third-order valence-corrected chi connectivity index (χ3v) is 4.89. The van der Waals surface area contributed by atoms with Gasteiger partial charge in [-0.1, -0.05) is 6.08 Å². The van der Waals surface area contributed by atoms with E-state index in [1.807, 2.05) is 20.8 Å². The van der Waals surface area contributed by atoms with Crippen LogP contribution in [0.3, 0.4) is 0 Å². The average Bonchev–Trinajstić information content (AvgIpc) is 2.93. The molecule has 3 amide bonds. The van der Waals surface area contributed by atoms with Gasteiger partial charge in [0, 0.05) is 24.4 Å². The molecule has 2 saturated heterocycles. The maximum absolute atomic E-state index is 13.2. The van der Waals surface area contributed by atoms with Gasteiger partial charge in [0.15, 0.2) is 0 Å². The zero-order valence-corrected chi connectivity index (χ0v) is 14.8. The van der Waals surface area contributed by atoms with Crippen molar-refractivity contribution in [2.24, 2.45) is 5.92 Å². The molecule has 0 saturated carbocycles. The summed E-state index contributed by atoms with van der Waals surface area (Å²) < 4.78 is 0. The second-order valence-electron chi connectivity index (χ2n) is 7.74. The number of nitrogens with zero attached hydrogens (tertiary/aromatic N) is 1. The first kappa shape index (κ1) is 18.3. The van der Waals surface area contributed by atoms with Crippen molar-refractivity contribution in [3.05, 3.63) is 12.7 Å². The van der Waals surface area contributed by atoms with Gasteiger partial charge in [-0.15, -0.1) is 6.58 Å². The predicted molar refractivity (Wildman–Crippen MR) is 89.4 cm³/mol. The van der Waals surface area contributed by atoms with Crippen LogP contribution in [0.1, 0.15) is 47.0 Å². The SMILES string of the molecule is C=CC[C@H]1[C@H]2CCC(N2C(=O)O)C1(NC(C)=O)C(=O)NC(C)(C)C. The van der Waals surface area contributed by atoms with E-state index in [1.165, 1.54) is 11.8 Å². The molecule has 0 aromatic rings. The van der Waals surface area contributed by atoms with Crippen LogP contribution >= 0.6 is 0 Å². The smallest absolute Gasteiger partial charge is 0.407 e. The summed E-state index contributed by atoms with van der Waals surface area (Å²) in [6, 6.07) is -0.848. The van der Waals surface area contributed by atoms with E-state index in [9.17, 15) is 19.5 Å². The van der Waals surface area contributed by atoms with Crippen molar-refractivity contribution in [1.82, 2.24) is 15.5 Å². The van der Waals surface area contributed by atoms with Gasteiger partial charge in [0.05, 0.1) is 6.04 Å². The number of hydrogen-bond donors (Lipinski definition) is 3. The molecule has 2 rings (SSSR count). The third-order valence-electron chi connectivity index (χ3n) is 4.89. The van der Waals surface area contributed by atoms with Crippen LogP contribution in [0.15, 0.2) is 12.7 Å². The first-order valence-corrected chi connectivity index (χ1v) is 8.28. The van der Waals surface area contributed by atoms with Gasteiger partial charge < -0.3 is 15.7 Å². The molecular formula is C17H27N3O4. The Hall–Kier alpha value is -2.05. The van der Waals surface area contributed by atoms with Crippen molar-refractivity contribution in [2.75, 3.05) is 0 Å². The predicted octanol–water partition coefficient (Wildman–Crippen LogP) is 1.49. The molecule has 2 aliphatic rings. The normalized spacial score (nSPS) is 31.7. The van der Waals surface area contributed by atoms with Crippen molar-refractivity contribution in [3.63, 3.8) is 0 Å². The Balaban J connectivity index is 2.53. The van der Waals surface area contributed by atoms with Gasteiger partial charge in [-0.3, -0.25) is 14.5 Å².